The molecule has 0 atom stereocenters. The molecular weight excluding hydrogens is 362 g/mol. The first-order valence-electron chi connectivity index (χ1n) is 8.32. The number of nitrogens with one attached hydrogen (secondary N) is 2. The Morgan fingerprint density at radius 2 is 1.63 bits per heavy atom. The molecule has 3 rings (SSSR count). The van der Waals surface area contributed by atoms with Crippen molar-refractivity contribution in [3.8, 4) is 5.75 Å². The molecule has 6 nitrogen and oxygen atoms in total. The molecule has 2 amide bonds. The highest BCUT2D eigenvalue weighted by Gasteiger charge is 2.08. The number of benzene rings is 2. The van der Waals surface area contributed by atoms with E-state index in [1.165, 1.54) is 0 Å². The van der Waals surface area contributed by atoms with Crippen LogP contribution in [-0.4, -0.2) is 23.8 Å². The van der Waals surface area contributed by atoms with Crippen LogP contribution in [0.4, 0.5) is 5.69 Å². The molecule has 3 aromatic rings. The predicted molar refractivity (Wildman–Crippen MR) is 105 cm³/mol. The fraction of sp³-hybridized carbons (Fsp3) is 0.150. The van der Waals surface area contributed by atoms with Crippen LogP contribution >= 0.6 is 11.3 Å². The lowest BCUT2D eigenvalue weighted by molar-refractivity contribution is 0.0962. The van der Waals surface area contributed by atoms with Crippen molar-refractivity contribution in [2.45, 2.75) is 13.5 Å². The average Bonchev–Trinajstić information content (AvgIpc) is 3.12. The summed E-state index contributed by atoms with van der Waals surface area (Å²) in [6, 6.07) is 13.6. The third-order valence-corrected chi connectivity index (χ3v) is 4.62. The molecule has 7 heteroatoms. The minimum Gasteiger partial charge on any atom is -0.487 e. The zero-order chi connectivity index (χ0) is 19.2. The number of aryl methyl sites for hydroxylation is 1. The Kier molecular flexibility index (Phi) is 5.83. The van der Waals surface area contributed by atoms with Crippen LogP contribution in [0.5, 0.6) is 5.75 Å². The van der Waals surface area contributed by atoms with Gasteiger partial charge in [-0.05, 0) is 55.5 Å². The topological polar surface area (TPSA) is 80.3 Å². The fourth-order valence-electron chi connectivity index (χ4n) is 2.39. The monoisotopic (exact) mass is 381 g/mol. The number of hydrogen-bond donors (Lipinski definition) is 2. The number of carbonyl (C=O) groups is 2. The van der Waals surface area contributed by atoms with Crippen molar-refractivity contribution in [1.29, 1.82) is 0 Å². The summed E-state index contributed by atoms with van der Waals surface area (Å²) in [5.74, 6) is 0.271. The minimum absolute atomic E-state index is 0.170. The Morgan fingerprint density at radius 3 is 2.22 bits per heavy atom. The first-order valence-corrected chi connectivity index (χ1v) is 9.20. The first-order chi connectivity index (χ1) is 13.0. The standard InChI is InChI=1S/C20H19N3O3S/c1-13-22-17(12-27-13)11-26-18-9-5-15(6-10-18)20(25)23-16-7-3-14(4-8-16)19(24)21-2/h3-10,12H,11H2,1-2H3,(H,21,24)(H,23,25). The van der Waals surface area contributed by atoms with Crippen LogP contribution in [0.25, 0.3) is 0 Å². The summed E-state index contributed by atoms with van der Waals surface area (Å²) < 4.78 is 5.68. The molecule has 27 heavy (non-hydrogen) atoms. The normalized spacial score (nSPS) is 10.3. The Bertz CT molecular complexity index is 934. The molecule has 138 valence electrons. The van der Waals surface area contributed by atoms with Crippen molar-refractivity contribution in [3.63, 3.8) is 0 Å². The van der Waals surface area contributed by atoms with Gasteiger partial charge in [-0.3, -0.25) is 9.59 Å². The Morgan fingerprint density at radius 1 is 1.00 bits per heavy atom. The van der Waals surface area contributed by atoms with Crippen molar-refractivity contribution < 1.29 is 14.3 Å². The zero-order valence-electron chi connectivity index (χ0n) is 15.0. The second kappa shape index (κ2) is 8.46. The van der Waals surface area contributed by atoms with E-state index in [0.29, 0.717) is 29.2 Å². The van der Waals surface area contributed by atoms with E-state index in [0.717, 1.165) is 10.7 Å². The summed E-state index contributed by atoms with van der Waals surface area (Å²) in [7, 11) is 1.57. The molecule has 0 radical (unpaired) electrons. The van der Waals surface area contributed by atoms with Gasteiger partial charge in [-0.2, -0.15) is 0 Å². The summed E-state index contributed by atoms with van der Waals surface area (Å²) in [6.45, 7) is 2.35. The molecule has 2 aromatic carbocycles. The van der Waals surface area contributed by atoms with Crippen LogP contribution in [0.2, 0.25) is 0 Å². The maximum atomic E-state index is 12.3. The number of amides is 2. The highest BCUT2D eigenvalue weighted by Crippen LogP contribution is 2.17. The maximum Gasteiger partial charge on any atom is 0.255 e. The largest absolute Gasteiger partial charge is 0.487 e. The van der Waals surface area contributed by atoms with Crippen molar-refractivity contribution in [2.24, 2.45) is 0 Å². The Hall–Kier alpha value is -3.19. The lowest BCUT2D eigenvalue weighted by atomic mass is 10.1. The molecule has 0 saturated carbocycles. The smallest absolute Gasteiger partial charge is 0.255 e. The zero-order valence-corrected chi connectivity index (χ0v) is 15.8. The van der Waals surface area contributed by atoms with E-state index in [1.54, 1.807) is 66.9 Å². The lowest BCUT2D eigenvalue weighted by Crippen LogP contribution is -2.17. The molecule has 0 aliphatic rings. The second-order valence-electron chi connectivity index (χ2n) is 5.78. The van der Waals surface area contributed by atoms with Gasteiger partial charge in [-0.1, -0.05) is 0 Å². The van der Waals surface area contributed by atoms with Crippen molar-refractivity contribution in [3.05, 3.63) is 75.7 Å². The Labute approximate surface area is 161 Å². The number of nitrogens with zero attached hydrogens (tertiary/aromatic N) is 1. The van der Waals surface area contributed by atoms with E-state index < -0.39 is 0 Å². The third kappa shape index (κ3) is 4.92. The van der Waals surface area contributed by atoms with E-state index in [4.69, 9.17) is 4.74 Å². The average molecular weight is 381 g/mol. The van der Waals surface area contributed by atoms with Gasteiger partial charge < -0.3 is 15.4 Å². The number of thiazole rings is 1. The molecule has 0 saturated heterocycles. The highest BCUT2D eigenvalue weighted by molar-refractivity contribution is 7.09. The molecule has 0 aliphatic heterocycles. The van der Waals surface area contributed by atoms with Gasteiger partial charge in [0.05, 0.1) is 10.7 Å². The van der Waals surface area contributed by atoms with E-state index >= 15 is 0 Å². The molecular formula is C20H19N3O3S. The van der Waals surface area contributed by atoms with Crippen LogP contribution in [0, 0.1) is 6.92 Å². The lowest BCUT2D eigenvalue weighted by Gasteiger charge is -2.08. The number of hydrogen-bond acceptors (Lipinski definition) is 5. The molecule has 2 N–H and O–H groups in total. The summed E-state index contributed by atoms with van der Waals surface area (Å²) >= 11 is 1.58. The van der Waals surface area contributed by atoms with E-state index in [2.05, 4.69) is 15.6 Å². The summed E-state index contributed by atoms with van der Waals surface area (Å²) in [6.07, 6.45) is 0. The summed E-state index contributed by atoms with van der Waals surface area (Å²) in [5, 5.41) is 8.32. The Balaban J connectivity index is 1.57. The van der Waals surface area contributed by atoms with Crippen molar-refractivity contribution >= 4 is 28.8 Å². The number of rotatable bonds is 6. The number of anilines is 1. The molecule has 0 fully saturated rings. The van der Waals surface area contributed by atoms with Crippen LogP contribution in [0.3, 0.4) is 0 Å². The van der Waals surface area contributed by atoms with Crippen LogP contribution in [0.15, 0.2) is 53.9 Å². The van der Waals surface area contributed by atoms with E-state index in [-0.39, 0.29) is 11.8 Å². The third-order valence-electron chi connectivity index (χ3n) is 3.80. The van der Waals surface area contributed by atoms with Gasteiger partial charge in [0, 0.05) is 29.2 Å². The van der Waals surface area contributed by atoms with E-state index in [9.17, 15) is 9.59 Å². The molecule has 0 bridgehead atoms. The molecule has 1 aromatic heterocycles. The summed E-state index contributed by atoms with van der Waals surface area (Å²) in [5.41, 5.74) is 2.56. The maximum absolute atomic E-state index is 12.3. The van der Waals surface area contributed by atoms with Crippen LogP contribution in [-0.2, 0) is 6.61 Å². The van der Waals surface area contributed by atoms with Gasteiger partial charge in [0.2, 0.25) is 0 Å². The minimum atomic E-state index is -0.232. The van der Waals surface area contributed by atoms with Gasteiger partial charge in [0.15, 0.2) is 0 Å². The van der Waals surface area contributed by atoms with Crippen molar-refractivity contribution in [1.82, 2.24) is 10.3 Å². The first kappa shape index (κ1) is 18.6. The van der Waals surface area contributed by atoms with Crippen LogP contribution in [0.1, 0.15) is 31.4 Å². The van der Waals surface area contributed by atoms with Gasteiger partial charge in [0.1, 0.15) is 12.4 Å². The van der Waals surface area contributed by atoms with Gasteiger partial charge in [-0.15, -0.1) is 11.3 Å². The second-order valence-corrected chi connectivity index (χ2v) is 6.84. The molecule has 1 heterocycles. The number of carbonyl (C=O) groups excluding carboxylic acids is 2. The molecule has 0 unspecified atom stereocenters. The fourth-order valence-corrected chi connectivity index (χ4v) is 2.98. The number of aromatic nitrogens is 1. The van der Waals surface area contributed by atoms with Crippen molar-refractivity contribution in [2.75, 3.05) is 12.4 Å². The highest BCUT2D eigenvalue weighted by atomic mass is 32.1. The van der Waals surface area contributed by atoms with Gasteiger partial charge in [-0.25, -0.2) is 4.98 Å². The number of ether oxygens (including phenoxy) is 1. The van der Waals surface area contributed by atoms with Gasteiger partial charge >= 0.3 is 0 Å². The van der Waals surface area contributed by atoms with Gasteiger partial charge in [0.25, 0.3) is 11.8 Å². The quantitative estimate of drug-likeness (QED) is 0.683. The SMILES string of the molecule is CNC(=O)c1ccc(NC(=O)c2ccc(OCc3csc(C)n3)cc2)cc1. The molecule has 0 spiro atoms. The predicted octanol–water partition coefficient (Wildman–Crippen LogP) is 3.64. The van der Waals surface area contributed by atoms with E-state index in [1.807, 2.05) is 12.3 Å². The van der Waals surface area contributed by atoms with Crippen LogP contribution < -0.4 is 15.4 Å². The molecule has 0 aliphatic carbocycles. The summed E-state index contributed by atoms with van der Waals surface area (Å²) in [4.78, 5) is 28.2.